The predicted octanol–water partition coefficient (Wildman–Crippen LogP) is 4.27. The van der Waals surface area contributed by atoms with Crippen molar-refractivity contribution in [2.75, 3.05) is 7.11 Å². The Bertz CT molecular complexity index is 1060. The third-order valence-corrected chi connectivity index (χ3v) is 7.35. The predicted molar refractivity (Wildman–Crippen MR) is 112 cm³/mol. The van der Waals surface area contributed by atoms with Crippen LogP contribution in [0.1, 0.15) is 38.0 Å². The van der Waals surface area contributed by atoms with Crippen LogP contribution in [0.25, 0.3) is 11.4 Å². The van der Waals surface area contributed by atoms with E-state index in [1.165, 1.54) is 4.31 Å². The second-order valence-electron chi connectivity index (χ2n) is 7.40. The van der Waals surface area contributed by atoms with Gasteiger partial charge in [-0.3, -0.25) is 0 Å². The van der Waals surface area contributed by atoms with Crippen molar-refractivity contribution in [2.24, 2.45) is 0 Å². The molecule has 3 aromatic rings. The monoisotopic (exact) mass is 427 g/mol. The van der Waals surface area contributed by atoms with E-state index in [-0.39, 0.29) is 23.4 Å². The molecule has 158 valence electrons. The van der Waals surface area contributed by atoms with Crippen molar-refractivity contribution in [1.82, 2.24) is 14.4 Å². The van der Waals surface area contributed by atoms with Gasteiger partial charge in [0.1, 0.15) is 5.75 Å². The maximum atomic E-state index is 13.5. The van der Waals surface area contributed by atoms with Gasteiger partial charge in [0.25, 0.3) is 0 Å². The molecule has 1 aliphatic rings. The van der Waals surface area contributed by atoms with Gasteiger partial charge in [-0.1, -0.05) is 54.8 Å². The van der Waals surface area contributed by atoms with Gasteiger partial charge < -0.3 is 9.26 Å². The molecule has 30 heavy (non-hydrogen) atoms. The lowest BCUT2D eigenvalue weighted by Gasteiger charge is -2.32. The average Bonchev–Trinajstić information content (AvgIpc) is 3.27. The first-order valence-electron chi connectivity index (χ1n) is 10.1. The summed E-state index contributed by atoms with van der Waals surface area (Å²) < 4.78 is 39.1. The Balaban J connectivity index is 1.64. The molecule has 1 saturated carbocycles. The van der Waals surface area contributed by atoms with Gasteiger partial charge in [-0.2, -0.15) is 9.29 Å². The van der Waals surface area contributed by atoms with E-state index in [1.807, 2.05) is 30.3 Å². The van der Waals surface area contributed by atoms with Gasteiger partial charge in [0.05, 0.1) is 18.6 Å². The first-order chi connectivity index (χ1) is 14.6. The Morgan fingerprint density at radius 3 is 2.40 bits per heavy atom. The van der Waals surface area contributed by atoms with E-state index in [0.29, 0.717) is 11.6 Å². The molecule has 1 fully saturated rings. The van der Waals surface area contributed by atoms with Crippen LogP contribution in [0.3, 0.4) is 0 Å². The van der Waals surface area contributed by atoms with E-state index in [2.05, 4.69) is 10.1 Å². The van der Waals surface area contributed by atoms with E-state index < -0.39 is 10.0 Å². The molecule has 0 atom stereocenters. The topological polar surface area (TPSA) is 85.5 Å². The van der Waals surface area contributed by atoms with Crippen molar-refractivity contribution < 1.29 is 17.7 Å². The quantitative estimate of drug-likeness (QED) is 0.560. The Morgan fingerprint density at radius 2 is 1.73 bits per heavy atom. The summed E-state index contributed by atoms with van der Waals surface area (Å²) in [5.74, 6) is 1.36. The molecule has 0 unspecified atom stereocenters. The van der Waals surface area contributed by atoms with Crippen molar-refractivity contribution in [3.63, 3.8) is 0 Å². The van der Waals surface area contributed by atoms with Crippen LogP contribution in [-0.2, 0) is 16.6 Å². The van der Waals surface area contributed by atoms with Crippen LogP contribution in [0.4, 0.5) is 0 Å². The van der Waals surface area contributed by atoms with E-state index in [1.54, 1.807) is 31.4 Å². The standard InChI is InChI=1S/C22H25N3O4S/c1-28-19-12-14-20(15-13-19)30(26,27)25(18-10-6-3-7-11-18)16-21-23-22(24-29-21)17-8-4-2-5-9-17/h2,4-5,8-9,12-15,18H,3,6-7,10-11,16H2,1H3. The van der Waals surface area contributed by atoms with Crippen molar-refractivity contribution in [2.45, 2.75) is 49.6 Å². The highest BCUT2D eigenvalue weighted by atomic mass is 32.2. The SMILES string of the molecule is COc1ccc(S(=O)(=O)N(Cc2nc(-c3ccccc3)no2)C2CCCCC2)cc1. The average molecular weight is 428 g/mol. The Labute approximate surface area is 176 Å². The Kier molecular flexibility index (Phi) is 6.15. The first kappa shape index (κ1) is 20.6. The second-order valence-corrected chi connectivity index (χ2v) is 9.29. The summed E-state index contributed by atoms with van der Waals surface area (Å²) in [6.45, 7) is 0.0544. The van der Waals surface area contributed by atoms with Crippen LogP contribution >= 0.6 is 0 Å². The molecule has 1 aliphatic carbocycles. The molecule has 0 amide bonds. The fourth-order valence-electron chi connectivity index (χ4n) is 3.82. The normalized spacial score (nSPS) is 15.4. The number of rotatable bonds is 7. The van der Waals surface area contributed by atoms with E-state index >= 15 is 0 Å². The largest absolute Gasteiger partial charge is 0.497 e. The molecule has 0 radical (unpaired) electrons. The maximum absolute atomic E-state index is 13.5. The minimum absolute atomic E-state index is 0.0544. The third kappa shape index (κ3) is 4.39. The third-order valence-electron chi connectivity index (χ3n) is 5.44. The van der Waals surface area contributed by atoms with Gasteiger partial charge >= 0.3 is 0 Å². The van der Waals surface area contributed by atoms with Gasteiger partial charge in [0.2, 0.25) is 21.7 Å². The lowest BCUT2D eigenvalue weighted by atomic mass is 9.95. The minimum atomic E-state index is -3.73. The van der Waals surface area contributed by atoms with Gasteiger partial charge in [-0.05, 0) is 37.1 Å². The van der Waals surface area contributed by atoms with Crippen LogP contribution in [0, 0.1) is 0 Å². The smallest absolute Gasteiger partial charge is 0.243 e. The molecule has 1 aromatic heterocycles. The number of benzene rings is 2. The van der Waals surface area contributed by atoms with Crippen LogP contribution in [0.15, 0.2) is 64.0 Å². The summed E-state index contributed by atoms with van der Waals surface area (Å²) in [4.78, 5) is 4.68. The molecule has 8 heteroatoms. The zero-order chi connectivity index (χ0) is 21.0. The molecular formula is C22H25N3O4S. The van der Waals surface area contributed by atoms with Gasteiger partial charge in [-0.25, -0.2) is 8.42 Å². The summed E-state index contributed by atoms with van der Waals surface area (Å²) in [6, 6.07) is 15.9. The Morgan fingerprint density at radius 1 is 1.03 bits per heavy atom. The fraction of sp³-hybridized carbons (Fsp3) is 0.364. The second kappa shape index (κ2) is 8.97. The van der Waals surface area contributed by atoms with Gasteiger partial charge in [-0.15, -0.1) is 0 Å². The number of ether oxygens (including phenoxy) is 1. The first-order valence-corrected chi connectivity index (χ1v) is 11.6. The molecule has 4 rings (SSSR count). The summed E-state index contributed by atoms with van der Waals surface area (Å²) in [7, 11) is -2.18. The molecule has 0 spiro atoms. The van der Waals surface area contributed by atoms with Crippen molar-refractivity contribution >= 4 is 10.0 Å². The summed E-state index contributed by atoms with van der Waals surface area (Å²) in [5.41, 5.74) is 0.828. The fourth-order valence-corrected chi connectivity index (χ4v) is 5.45. The highest BCUT2D eigenvalue weighted by molar-refractivity contribution is 7.89. The lowest BCUT2D eigenvalue weighted by molar-refractivity contribution is 0.223. The summed E-state index contributed by atoms with van der Waals surface area (Å²) in [5, 5.41) is 4.04. The van der Waals surface area contributed by atoms with Crippen molar-refractivity contribution in [1.29, 1.82) is 0 Å². The van der Waals surface area contributed by atoms with Crippen molar-refractivity contribution in [3.8, 4) is 17.1 Å². The molecular weight excluding hydrogens is 402 g/mol. The van der Waals surface area contributed by atoms with Crippen LogP contribution in [-0.4, -0.2) is 36.0 Å². The number of methoxy groups -OCH3 is 1. The molecule has 7 nitrogen and oxygen atoms in total. The number of nitrogens with zero attached hydrogens (tertiary/aromatic N) is 3. The van der Waals surface area contributed by atoms with Crippen molar-refractivity contribution in [3.05, 3.63) is 60.5 Å². The van der Waals surface area contributed by atoms with E-state index in [9.17, 15) is 8.42 Å². The highest BCUT2D eigenvalue weighted by Gasteiger charge is 2.34. The van der Waals surface area contributed by atoms with Crippen LogP contribution in [0.2, 0.25) is 0 Å². The Hall–Kier alpha value is -2.71. The highest BCUT2D eigenvalue weighted by Crippen LogP contribution is 2.30. The van der Waals surface area contributed by atoms with Gasteiger partial charge in [0, 0.05) is 11.6 Å². The summed E-state index contributed by atoms with van der Waals surface area (Å²) >= 11 is 0. The zero-order valence-electron chi connectivity index (χ0n) is 16.9. The van der Waals surface area contributed by atoms with Crippen LogP contribution < -0.4 is 4.74 Å². The molecule has 0 aliphatic heterocycles. The molecule has 0 N–H and O–H groups in total. The van der Waals surface area contributed by atoms with E-state index in [4.69, 9.17) is 9.26 Å². The molecule has 0 saturated heterocycles. The number of hydrogen-bond donors (Lipinski definition) is 0. The minimum Gasteiger partial charge on any atom is -0.497 e. The lowest BCUT2D eigenvalue weighted by Crippen LogP contribution is -2.41. The molecule has 1 heterocycles. The molecule has 2 aromatic carbocycles. The van der Waals surface area contributed by atoms with Gasteiger partial charge in [0.15, 0.2) is 0 Å². The maximum Gasteiger partial charge on any atom is 0.243 e. The zero-order valence-corrected chi connectivity index (χ0v) is 17.7. The van der Waals surface area contributed by atoms with Crippen LogP contribution in [0.5, 0.6) is 5.75 Å². The molecule has 0 bridgehead atoms. The number of hydrogen-bond acceptors (Lipinski definition) is 6. The summed E-state index contributed by atoms with van der Waals surface area (Å²) in [6.07, 6.45) is 4.81. The van der Waals surface area contributed by atoms with E-state index in [0.717, 1.165) is 37.7 Å². The number of sulfonamides is 1. The number of aromatic nitrogens is 2.